The number of nitrogens with one attached hydrogen (secondary N) is 1. The van der Waals surface area contributed by atoms with Gasteiger partial charge in [0.2, 0.25) is 5.91 Å². The fraction of sp³-hybridized carbons (Fsp3) is 0.500. The number of hydrogen-bond acceptors (Lipinski definition) is 3. The Morgan fingerprint density at radius 1 is 1.06 bits per heavy atom. The van der Waals surface area contributed by atoms with E-state index in [1.807, 2.05) is 31.2 Å². The number of halogens is 2. The van der Waals surface area contributed by atoms with Gasteiger partial charge >= 0.3 is 0 Å². The molecule has 1 N–H and O–H groups in total. The van der Waals surface area contributed by atoms with Gasteiger partial charge in [-0.2, -0.15) is 0 Å². The van der Waals surface area contributed by atoms with Crippen LogP contribution in [0.15, 0.2) is 42.5 Å². The lowest BCUT2D eigenvalue weighted by Gasteiger charge is -2.33. The fourth-order valence-electron chi connectivity index (χ4n) is 4.47. The number of ether oxygens (including phenoxy) is 1. The molecule has 0 aromatic heterocycles. The van der Waals surface area contributed by atoms with Gasteiger partial charge in [-0.3, -0.25) is 9.59 Å². The van der Waals surface area contributed by atoms with Gasteiger partial charge in [-0.1, -0.05) is 81.4 Å². The topological polar surface area (TPSA) is 58.6 Å². The minimum absolute atomic E-state index is 0.126. The molecule has 5 nitrogen and oxygen atoms in total. The summed E-state index contributed by atoms with van der Waals surface area (Å²) in [6.45, 7) is 6.20. The maximum atomic E-state index is 13.4. The van der Waals surface area contributed by atoms with Gasteiger partial charge in [-0.25, -0.2) is 0 Å². The van der Waals surface area contributed by atoms with E-state index in [1.54, 1.807) is 23.1 Å². The van der Waals surface area contributed by atoms with Crippen LogP contribution in [0.4, 0.5) is 0 Å². The number of hydrogen-bond donors (Lipinski definition) is 1. The van der Waals surface area contributed by atoms with Crippen molar-refractivity contribution < 1.29 is 14.3 Å². The van der Waals surface area contributed by atoms with E-state index in [0.29, 0.717) is 28.1 Å². The summed E-state index contributed by atoms with van der Waals surface area (Å²) in [5, 5.41) is 4.16. The van der Waals surface area contributed by atoms with Crippen LogP contribution in [0.2, 0.25) is 10.0 Å². The van der Waals surface area contributed by atoms with Crippen molar-refractivity contribution in [2.45, 2.75) is 83.8 Å². The quantitative estimate of drug-likeness (QED) is 0.378. The van der Waals surface area contributed by atoms with E-state index in [4.69, 9.17) is 27.9 Å². The van der Waals surface area contributed by atoms with Gasteiger partial charge in [-0.15, -0.1) is 0 Å². The van der Waals surface area contributed by atoms with E-state index >= 15 is 0 Å². The first-order valence-electron chi connectivity index (χ1n) is 12.5. The smallest absolute Gasteiger partial charge is 0.261 e. The van der Waals surface area contributed by atoms with Gasteiger partial charge in [0.25, 0.3) is 5.91 Å². The molecular weight excluding hydrogens is 483 g/mol. The van der Waals surface area contributed by atoms with Gasteiger partial charge in [0.05, 0.1) is 0 Å². The first-order chi connectivity index (χ1) is 16.8. The first kappa shape index (κ1) is 27.3. The van der Waals surface area contributed by atoms with Crippen LogP contribution in [0.25, 0.3) is 0 Å². The Labute approximate surface area is 219 Å². The van der Waals surface area contributed by atoms with E-state index in [9.17, 15) is 9.59 Å². The molecule has 1 unspecified atom stereocenters. The maximum absolute atomic E-state index is 13.4. The lowest BCUT2D eigenvalue weighted by molar-refractivity contribution is -0.143. The molecule has 1 fully saturated rings. The summed E-state index contributed by atoms with van der Waals surface area (Å²) >= 11 is 12.5. The molecule has 1 atom stereocenters. The summed E-state index contributed by atoms with van der Waals surface area (Å²) < 4.78 is 5.82. The zero-order valence-electron chi connectivity index (χ0n) is 20.9. The average Bonchev–Trinajstić information content (AvgIpc) is 2.84. The van der Waals surface area contributed by atoms with Gasteiger partial charge in [0, 0.05) is 22.6 Å². The zero-order chi connectivity index (χ0) is 25.4. The molecule has 0 radical (unpaired) electrons. The zero-order valence-corrected chi connectivity index (χ0v) is 22.4. The second kappa shape index (κ2) is 13.2. The Kier molecular flexibility index (Phi) is 10.3. The molecule has 0 aliphatic heterocycles. The number of nitrogens with zero attached hydrogens (tertiary/aromatic N) is 1. The van der Waals surface area contributed by atoms with Gasteiger partial charge in [0.1, 0.15) is 11.8 Å². The molecule has 0 bridgehead atoms. The van der Waals surface area contributed by atoms with Crippen molar-refractivity contribution in [3.63, 3.8) is 0 Å². The van der Waals surface area contributed by atoms with Crippen molar-refractivity contribution in [3.05, 3.63) is 63.6 Å². The molecule has 7 heteroatoms. The first-order valence-corrected chi connectivity index (χ1v) is 13.3. The molecule has 0 saturated heterocycles. The van der Waals surface area contributed by atoms with Gasteiger partial charge < -0.3 is 15.0 Å². The van der Waals surface area contributed by atoms with Crippen LogP contribution in [0, 0.1) is 0 Å². The number of rotatable bonds is 10. The molecule has 1 saturated carbocycles. The predicted octanol–water partition coefficient (Wildman–Crippen LogP) is 6.75. The van der Waals surface area contributed by atoms with Crippen LogP contribution in [-0.2, 0) is 16.1 Å². The summed E-state index contributed by atoms with van der Waals surface area (Å²) in [7, 11) is 0. The van der Waals surface area contributed by atoms with E-state index in [1.165, 1.54) is 12.0 Å². The Morgan fingerprint density at radius 2 is 1.74 bits per heavy atom. The van der Waals surface area contributed by atoms with E-state index in [-0.39, 0.29) is 31.0 Å². The van der Waals surface area contributed by atoms with Crippen molar-refractivity contribution in [1.82, 2.24) is 10.2 Å². The van der Waals surface area contributed by atoms with E-state index < -0.39 is 6.04 Å². The van der Waals surface area contributed by atoms with Crippen molar-refractivity contribution in [3.8, 4) is 5.75 Å². The highest BCUT2D eigenvalue weighted by Gasteiger charge is 2.31. The highest BCUT2D eigenvalue weighted by molar-refractivity contribution is 6.35. The molecule has 0 spiro atoms. The molecular formula is C28H36Cl2N2O3. The van der Waals surface area contributed by atoms with Crippen LogP contribution in [0.1, 0.15) is 76.3 Å². The molecule has 2 aromatic rings. The monoisotopic (exact) mass is 518 g/mol. The second-order valence-corrected chi connectivity index (χ2v) is 10.4. The number of carbonyl (C=O) groups is 2. The van der Waals surface area contributed by atoms with Crippen LogP contribution < -0.4 is 10.1 Å². The molecule has 3 rings (SSSR count). The third-order valence-electron chi connectivity index (χ3n) is 6.60. The molecule has 1 aliphatic rings. The fourth-order valence-corrected chi connectivity index (χ4v) is 4.94. The molecule has 2 aromatic carbocycles. The molecule has 190 valence electrons. The summed E-state index contributed by atoms with van der Waals surface area (Å²) in [6, 6.07) is 12.5. The number of carbonyl (C=O) groups excluding carboxylic acids is 2. The van der Waals surface area contributed by atoms with Crippen molar-refractivity contribution in [2.24, 2.45) is 0 Å². The maximum Gasteiger partial charge on any atom is 0.261 e. The Morgan fingerprint density at radius 3 is 2.34 bits per heavy atom. The Balaban J connectivity index is 1.76. The largest absolute Gasteiger partial charge is 0.484 e. The second-order valence-electron chi connectivity index (χ2n) is 9.54. The molecule has 1 aliphatic carbocycles. The van der Waals surface area contributed by atoms with Gasteiger partial charge in [-0.05, 0) is 60.6 Å². The standard InChI is InChI=1S/C28H36Cl2N2O3/c1-4-26(28(34)31-23-8-6-5-7-9-23)32(17-21-10-13-22(29)16-25(21)30)27(33)18-35-24-14-11-20(12-15-24)19(2)3/h10-16,19,23,26H,4-9,17-18H2,1-3H3,(H,31,34). The van der Waals surface area contributed by atoms with E-state index in [0.717, 1.165) is 31.2 Å². The van der Waals surface area contributed by atoms with Crippen LogP contribution in [-0.4, -0.2) is 35.4 Å². The minimum Gasteiger partial charge on any atom is -0.484 e. The summed E-state index contributed by atoms with van der Waals surface area (Å²) in [5.74, 6) is 0.638. The van der Waals surface area contributed by atoms with Crippen molar-refractivity contribution in [1.29, 1.82) is 0 Å². The highest BCUT2D eigenvalue weighted by atomic mass is 35.5. The summed E-state index contributed by atoms with van der Waals surface area (Å²) in [5.41, 5.74) is 1.93. The number of benzene rings is 2. The lowest BCUT2D eigenvalue weighted by Crippen LogP contribution is -2.52. The average molecular weight is 520 g/mol. The third-order valence-corrected chi connectivity index (χ3v) is 7.19. The molecule has 0 heterocycles. The summed E-state index contributed by atoms with van der Waals surface area (Å²) in [4.78, 5) is 28.3. The predicted molar refractivity (Wildman–Crippen MR) is 142 cm³/mol. The van der Waals surface area contributed by atoms with Gasteiger partial charge in [0.15, 0.2) is 6.61 Å². The summed E-state index contributed by atoms with van der Waals surface area (Å²) in [6.07, 6.45) is 5.89. The minimum atomic E-state index is -0.622. The highest BCUT2D eigenvalue weighted by Crippen LogP contribution is 2.25. The van der Waals surface area contributed by atoms with E-state index in [2.05, 4.69) is 19.2 Å². The Hall–Kier alpha value is -2.24. The molecule has 2 amide bonds. The van der Waals surface area contributed by atoms with Crippen LogP contribution in [0.3, 0.4) is 0 Å². The SMILES string of the molecule is CCC(C(=O)NC1CCCCC1)N(Cc1ccc(Cl)cc1Cl)C(=O)COc1ccc(C(C)C)cc1. The molecule has 35 heavy (non-hydrogen) atoms. The Bertz CT molecular complexity index is 988. The van der Waals surface area contributed by atoms with Crippen molar-refractivity contribution >= 4 is 35.0 Å². The lowest BCUT2D eigenvalue weighted by atomic mass is 9.95. The normalized spacial score (nSPS) is 15.0. The van der Waals surface area contributed by atoms with Crippen molar-refractivity contribution in [2.75, 3.05) is 6.61 Å². The number of amides is 2. The third kappa shape index (κ3) is 7.88. The van der Waals surface area contributed by atoms with Crippen LogP contribution >= 0.6 is 23.2 Å². The van der Waals surface area contributed by atoms with Crippen LogP contribution in [0.5, 0.6) is 5.75 Å².